The molecule has 0 bridgehead atoms. The standard InChI is InChI=1S/C18H18F3N3O2/c1-17(2,25)10-24-11-23-14-5-4-13(7-15(14)24)26-16-6-3-12(9-22-16)8-18(19,20)21/h3-7,9,11,25H,8,10H2,1-2H3. The van der Waals surface area contributed by atoms with Crippen LogP contribution in [-0.4, -0.2) is 31.4 Å². The van der Waals surface area contributed by atoms with Crippen LogP contribution in [0.25, 0.3) is 11.0 Å². The van der Waals surface area contributed by atoms with Crippen LogP contribution < -0.4 is 4.74 Å². The van der Waals surface area contributed by atoms with Gasteiger partial charge in [0.15, 0.2) is 0 Å². The monoisotopic (exact) mass is 365 g/mol. The Morgan fingerprint density at radius 2 is 1.88 bits per heavy atom. The van der Waals surface area contributed by atoms with Crippen molar-refractivity contribution in [1.29, 1.82) is 0 Å². The van der Waals surface area contributed by atoms with E-state index in [-0.39, 0.29) is 11.4 Å². The molecule has 2 aromatic heterocycles. The Morgan fingerprint density at radius 1 is 1.12 bits per heavy atom. The van der Waals surface area contributed by atoms with E-state index < -0.39 is 18.2 Å². The summed E-state index contributed by atoms with van der Waals surface area (Å²) < 4.78 is 44.6. The van der Waals surface area contributed by atoms with E-state index in [0.717, 1.165) is 17.2 Å². The van der Waals surface area contributed by atoms with Crippen LogP contribution in [0.15, 0.2) is 42.9 Å². The molecule has 0 saturated heterocycles. The van der Waals surface area contributed by atoms with Crippen molar-refractivity contribution in [3.63, 3.8) is 0 Å². The number of aromatic nitrogens is 3. The Morgan fingerprint density at radius 3 is 2.50 bits per heavy atom. The van der Waals surface area contributed by atoms with Crippen LogP contribution in [0, 0.1) is 0 Å². The molecular formula is C18H18F3N3O2. The summed E-state index contributed by atoms with van der Waals surface area (Å²) in [5.41, 5.74) is 0.692. The van der Waals surface area contributed by atoms with E-state index in [1.54, 1.807) is 38.4 Å². The molecule has 0 spiro atoms. The second-order valence-corrected chi connectivity index (χ2v) is 6.73. The predicted molar refractivity (Wildman–Crippen MR) is 90.1 cm³/mol. The van der Waals surface area contributed by atoms with Gasteiger partial charge in [-0.1, -0.05) is 6.07 Å². The maximum Gasteiger partial charge on any atom is 0.393 e. The van der Waals surface area contributed by atoms with E-state index in [9.17, 15) is 18.3 Å². The summed E-state index contributed by atoms with van der Waals surface area (Å²) in [5.74, 6) is 0.676. The highest BCUT2D eigenvalue weighted by atomic mass is 19.4. The van der Waals surface area contributed by atoms with Crippen molar-refractivity contribution in [2.24, 2.45) is 0 Å². The molecule has 1 aromatic carbocycles. The minimum atomic E-state index is -4.27. The fraction of sp³-hybridized carbons (Fsp3) is 0.333. The summed E-state index contributed by atoms with van der Waals surface area (Å²) in [7, 11) is 0. The van der Waals surface area contributed by atoms with E-state index >= 15 is 0 Å². The smallest absolute Gasteiger partial charge is 0.393 e. The summed E-state index contributed by atoms with van der Waals surface area (Å²) in [6, 6.07) is 7.96. The fourth-order valence-electron chi connectivity index (χ4n) is 2.57. The largest absolute Gasteiger partial charge is 0.439 e. The van der Waals surface area contributed by atoms with Crippen molar-refractivity contribution >= 4 is 11.0 Å². The highest BCUT2D eigenvalue weighted by Crippen LogP contribution is 2.26. The third-order valence-electron chi connectivity index (χ3n) is 3.57. The second-order valence-electron chi connectivity index (χ2n) is 6.73. The predicted octanol–water partition coefficient (Wildman–Crippen LogP) is 4.10. The number of fused-ring (bicyclic) bond motifs is 1. The van der Waals surface area contributed by atoms with Gasteiger partial charge in [0.1, 0.15) is 5.75 Å². The summed E-state index contributed by atoms with van der Waals surface area (Å²) >= 11 is 0. The highest BCUT2D eigenvalue weighted by Gasteiger charge is 2.27. The first-order valence-electron chi connectivity index (χ1n) is 7.96. The van der Waals surface area contributed by atoms with Gasteiger partial charge in [-0.3, -0.25) is 0 Å². The molecule has 138 valence electrons. The van der Waals surface area contributed by atoms with Gasteiger partial charge >= 0.3 is 6.18 Å². The zero-order valence-corrected chi connectivity index (χ0v) is 14.3. The number of imidazole rings is 1. The number of halogens is 3. The third-order valence-corrected chi connectivity index (χ3v) is 3.57. The molecule has 0 aliphatic heterocycles. The van der Waals surface area contributed by atoms with Gasteiger partial charge in [0.25, 0.3) is 0 Å². The molecule has 0 unspecified atom stereocenters. The molecule has 0 saturated carbocycles. The van der Waals surface area contributed by atoms with Crippen molar-refractivity contribution in [2.45, 2.75) is 38.6 Å². The zero-order valence-electron chi connectivity index (χ0n) is 14.3. The minimum Gasteiger partial charge on any atom is -0.439 e. The Kier molecular flexibility index (Phi) is 4.62. The molecule has 5 nitrogen and oxygen atoms in total. The molecule has 0 amide bonds. The first-order valence-corrected chi connectivity index (χ1v) is 7.96. The summed E-state index contributed by atoms with van der Waals surface area (Å²) in [6.45, 7) is 3.76. The number of hydrogen-bond acceptors (Lipinski definition) is 4. The number of ether oxygens (including phenoxy) is 1. The van der Waals surface area contributed by atoms with E-state index in [0.29, 0.717) is 12.3 Å². The number of alkyl halides is 3. The lowest BCUT2D eigenvalue weighted by Crippen LogP contribution is -2.25. The lowest BCUT2D eigenvalue weighted by Gasteiger charge is -2.18. The second kappa shape index (κ2) is 6.60. The van der Waals surface area contributed by atoms with Crippen LogP contribution in [0.5, 0.6) is 11.6 Å². The first kappa shape index (κ1) is 18.2. The number of hydrogen-bond donors (Lipinski definition) is 1. The Labute approximate surface area is 148 Å². The average molecular weight is 365 g/mol. The van der Waals surface area contributed by atoms with Gasteiger partial charge in [-0.25, -0.2) is 9.97 Å². The number of pyridine rings is 1. The summed E-state index contributed by atoms with van der Waals surface area (Å²) in [5, 5.41) is 9.99. The Bertz CT molecular complexity index is 897. The molecule has 1 N–H and O–H groups in total. The third kappa shape index (κ3) is 4.72. The Hall–Kier alpha value is -2.61. The molecule has 2 heterocycles. The summed E-state index contributed by atoms with van der Waals surface area (Å²) in [6.07, 6.45) is -2.51. The molecule has 0 aliphatic carbocycles. The number of nitrogens with zero attached hydrogens (tertiary/aromatic N) is 3. The van der Waals surface area contributed by atoms with Crippen LogP contribution >= 0.6 is 0 Å². The number of aliphatic hydroxyl groups is 1. The van der Waals surface area contributed by atoms with Crippen LogP contribution in [0.1, 0.15) is 19.4 Å². The Balaban J connectivity index is 1.79. The van der Waals surface area contributed by atoms with Crippen LogP contribution in [0.2, 0.25) is 0 Å². The maximum atomic E-state index is 12.4. The van der Waals surface area contributed by atoms with Gasteiger partial charge in [-0.15, -0.1) is 0 Å². The minimum absolute atomic E-state index is 0.0727. The van der Waals surface area contributed by atoms with Crippen molar-refractivity contribution < 1.29 is 23.0 Å². The SMILES string of the molecule is CC(C)(O)Cn1cnc2ccc(Oc3ccc(CC(F)(F)F)cn3)cc21. The van der Waals surface area contributed by atoms with Gasteiger partial charge < -0.3 is 14.4 Å². The molecule has 3 aromatic rings. The molecule has 26 heavy (non-hydrogen) atoms. The van der Waals surface area contributed by atoms with Crippen molar-refractivity contribution in [2.75, 3.05) is 0 Å². The quantitative estimate of drug-likeness (QED) is 0.740. The fourth-order valence-corrected chi connectivity index (χ4v) is 2.57. The van der Waals surface area contributed by atoms with Crippen LogP contribution in [-0.2, 0) is 13.0 Å². The number of rotatable bonds is 5. The van der Waals surface area contributed by atoms with Crippen LogP contribution in [0.4, 0.5) is 13.2 Å². The van der Waals surface area contributed by atoms with Crippen molar-refractivity contribution in [1.82, 2.24) is 14.5 Å². The first-order chi connectivity index (χ1) is 12.1. The van der Waals surface area contributed by atoms with Crippen molar-refractivity contribution in [3.05, 3.63) is 48.4 Å². The van der Waals surface area contributed by atoms with Crippen molar-refractivity contribution in [3.8, 4) is 11.6 Å². The molecular weight excluding hydrogens is 347 g/mol. The number of benzene rings is 1. The molecule has 3 rings (SSSR count). The van der Waals surface area contributed by atoms with E-state index in [1.807, 2.05) is 4.57 Å². The molecule has 0 aliphatic rings. The van der Waals surface area contributed by atoms with Gasteiger partial charge in [0.2, 0.25) is 5.88 Å². The van der Waals surface area contributed by atoms with E-state index in [4.69, 9.17) is 4.74 Å². The normalized spacial score (nSPS) is 12.5. The molecule has 8 heteroatoms. The lowest BCUT2D eigenvalue weighted by atomic mass is 10.1. The van der Waals surface area contributed by atoms with Crippen LogP contribution in [0.3, 0.4) is 0 Å². The molecule has 0 radical (unpaired) electrons. The maximum absolute atomic E-state index is 12.4. The van der Waals surface area contributed by atoms with E-state index in [1.165, 1.54) is 12.1 Å². The highest BCUT2D eigenvalue weighted by molar-refractivity contribution is 5.77. The van der Waals surface area contributed by atoms with E-state index in [2.05, 4.69) is 9.97 Å². The van der Waals surface area contributed by atoms with Gasteiger partial charge in [0.05, 0.1) is 35.9 Å². The summed E-state index contributed by atoms with van der Waals surface area (Å²) in [4.78, 5) is 8.19. The topological polar surface area (TPSA) is 60.2 Å². The van der Waals surface area contributed by atoms with Gasteiger partial charge in [0, 0.05) is 18.3 Å². The lowest BCUT2D eigenvalue weighted by molar-refractivity contribution is -0.127. The van der Waals surface area contributed by atoms with Gasteiger partial charge in [-0.05, 0) is 31.5 Å². The zero-order chi connectivity index (χ0) is 18.9. The average Bonchev–Trinajstić information content (AvgIpc) is 2.88. The molecule has 0 atom stereocenters. The van der Waals surface area contributed by atoms with Gasteiger partial charge in [-0.2, -0.15) is 13.2 Å². The molecule has 0 fully saturated rings.